The van der Waals surface area contributed by atoms with Gasteiger partial charge in [0, 0.05) is 9.26 Å². The summed E-state index contributed by atoms with van der Waals surface area (Å²) in [5.41, 5.74) is 7.28. The number of rotatable bonds is 4. The van der Waals surface area contributed by atoms with E-state index in [4.69, 9.17) is 10.5 Å². The lowest BCUT2D eigenvalue weighted by Gasteiger charge is -2.11. The van der Waals surface area contributed by atoms with Crippen LogP contribution in [0.4, 0.5) is 17.2 Å². The van der Waals surface area contributed by atoms with Crippen LogP contribution in [0.1, 0.15) is 6.92 Å². The Morgan fingerprint density at radius 2 is 2.22 bits per heavy atom. The molecule has 2 aromatic rings. The first kappa shape index (κ1) is 12.9. The molecule has 0 fully saturated rings. The standard InChI is InChI=1S/C12H13IN4O/c1-2-18-12-10(14)11(15-7-16-12)17-9-5-3-4-8(13)6-9/h3-7H,2,14H2,1H3,(H,15,16,17). The highest BCUT2D eigenvalue weighted by molar-refractivity contribution is 14.1. The largest absolute Gasteiger partial charge is 0.476 e. The lowest BCUT2D eigenvalue weighted by molar-refractivity contribution is 0.328. The van der Waals surface area contributed by atoms with Crippen LogP contribution in [0.3, 0.4) is 0 Å². The van der Waals surface area contributed by atoms with Crippen molar-refractivity contribution in [1.29, 1.82) is 0 Å². The zero-order chi connectivity index (χ0) is 13.0. The molecule has 0 aliphatic carbocycles. The number of nitrogens with zero attached hydrogens (tertiary/aromatic N) is 2. The van der Waals surface area contributed by atoms with Crippen molar-refractivity contribution in [2.75, 3.05) is 17.7 Å². The highest BCUT2D eigenvalue weighted by atomic mass is 127. The summed E-state index contributed by atoms with van der Waals surface area (Å²) in [5, 5.41) is 3.15. The van der Waals surface area contributed by atoms with E-state index in [-0.39, 0.29) is 0 Å². The number of benzene rings is 1. The second kappa shape index (κ2) is 5.85. The Balaban J connectivity index is 2.26. The Labute approximate surface area is 119 Å². The topological polar surface area (TPSA) is 73.1 Å². The summed E-state index contributed by atoms with van der Waals surface area (Å²) >= 11 is 2.25. The fraction of sp³-hybridized carbons (Fsp3) is 0.167. The molecular formula is C12H13IN4O. The molecule has 1 aromatic heterocycles. The highest BCUT2D eigenvalue weighted by Gasteiger charge is 2.08. The normalized spacial score (nSPS) is 10.1. The first-order chi connectivity index (χ1) is 8.70. The van der Waals surface area contributed by atoms with Gasteiger partial charge in [0.2, 0.25) is 5.88 Å². The number of nitrogen functional groups attached to an aromatic ring is 1. The van der Waals surface area contributed by atoms with Gasteiger partial charge >= 0.3 is 0 Å². The molecule has 1 aromatic carbocycles. The van der Waals surface area contributed by atoms with Crippen molar-refractivity contribution in [2.45, 2.75) is 6.92 Å². The van der Waals surface area contributed by atoms with E-state index in [1.54, 1.807) is 0 Å². The fourth-order valence-electron chi connectivity index (χ4n) is 1.43. The van der Waals surface area contributed by atoms with Gasteiger partial charge in [0.15, 0.2) is 5.82 Å². The van der Waals surface area contributed by atoms with Crippen LogP contribution in [0.25, 0.3) is 0 Å². The second-order valence-electron chi connectivity index (χ2n) is 3.51. The maximum absolute atomic E-state index is 5.94. The number of nitrogens with one attached hydrogen (secondary N) is 1. The van der Waals surface area contributed by atoms with Crippen molar-refractivity contribution in [2.24, 2.45) is 0 Å². The minimum Gasteiger partial charge on any atom is -0.476 e. The van der Waals surface area contributed by atoms with Crippen molar-refractivity contribution < 1.29 is 4.74 Å². The van der Waals surface area contributed by atoms with Crippen LogP contribution in [-0.2, 0) is 0 Å². The fourth-order valence-corrected chi connectivity index (χ4v) is 1.98. The van der Waals surface area contributed by atoms with Gasteiger partial charge in [-0.3, -0.25) is 0 Å². The molecule has 0 amide bonds. The molecule has 0 unspecified atom stereocenters. The Morgan fingerprint density at radius 3 is 2.94 bits per heavy atom. The van der Waals surface area contributed by atoms with Gasteiger partial charge in [0.05, 0.1) is 6.61 Å². The van der Waals surface area contributed by atoms with E-state index < -0.39 is 0 Å². The molecule has 0 atom stereocenters. The Morgan fingerprint density at radius 1 is 1.39 bits per heavy atom. The van der Waals surface area contributed by atoms with E-state index in [2.05, 4.69) is 37.9 Å². The van der Waals surface area contributed by atoms with E-state index in [0.29, 0.717) is 24.0 Å². The minimum absolute atomic E-state index is 0.403. The summed E-state index contributed by atoms with van der Waals surface area (Å²) in [6, 6.07) is 7.93. The molecule has 0 saturated carbocycles. The SMILES string of the molecule is CCOc1ncnc(Nc2cccc(I)c2)c1N. The lowest BCUT2D eigenvalue weighted by Crippen LogP contribution is -2.05. The molecule has 5 nitrogen and oxygen atoms in total. The van der Waals surface area contributed by atoms with Crippen molar-refractivity contribution in [3.63, 3.8) is 0 Å². The molecule has 0 radical (unpaired) electrons. The summed E-state index contributed by atoms with van der Waals surface area (Å²) in [6.07, 6.45) is 1.43. The van der Waals surface area contributed by atoms with Gasteiger partial charge in [-0.25, -0.2) is 4.98 Å². The van der Waals surface area contributed by atoms with Crippen LogP contribution in [0, 0.1) is 3.57 Å². The molecule has 2 rings (SSSR count). The van der Waals surface area contributed by atoms with E-state index in [9.17, 15) is 0 Å². The summed E-state index contributed by atoms with van der Waals surface area (Å²) in [5.74, 6) is 0.955. The van der Waals surface area contributed by atoms with Crippen LogP contribution < -0.4 is 15.8 Å². The Bertz CT molecular complexity index is 547. The Kier molecular flexibility index (Phi) is 4.19. The molecule has 0 spiro atoms. The number of anilines is 3. The second-order valence-corrected chi connectivity index (χ2v) is 4.76. The van der Waals surface area contributed by atoms with Crippen LogP contribution >= 0.6 is 22.6 Å². The molecule has 6 heteroatoms. The lowest BCUT2D eigenvalue weighted by atomic mass is 10.3. The minimum atomic E-state index is 0.403. The van der Waals surface area contributed by atoms with Gasteiger partial charge in [-0.2, -0.15) is 4.98 Å². The monoisotopic (exact) mass is 356 g/mol. The van der Waals surface area contributed by atoms with Crippen molar-refractivity contribution >= 4 is 39.8 Å². The van der Waals surface area contributed by atoms with Crippen LogP contribution in [0.5, 0.6) is 5.88 Å². The Hall–Kier alpha value is -1.57. The summed E-state index contributed by atoms with van der Waals surface area (Å²) < 4.78 is 6.46. The molecule has 1 heterocycles. The number of halogens is 1. The van der Waals surface area contributed by atoms with Crippen LogP contribution in [0.15, 0.2) is 30.6 Å². The molecule has 0 saturated heterocycles. The summed E-state index contributed by atoms with van der Waals surface area (Å²) in [4.78, 5) is 8.10. The average molecular weight is 356 g/mol. The van der Waals surface area contributed by atoms with Gasteiger partial charge in [0.1, 0.15) is 12.0 Å². The van der Waals surface area contributed by atoms with Gasteiger partial charge in [0.25, 0.3) is 0 Å². The van der Waals surface area contributed by atoms with Crippen LogP contribution in [0.2, 0.25) is 0 Å². The summed E-state index contributed by atoms with van der Waals surface area (Å²) in [7, 11) is 0. The maximum Gasteiger partial charge on any atom is 0.242 e. The third kappa shape index (κ3) is 3.00. The maximum atomic E-state index is 5.94. The smallest absolute Gasteiger partial charge is 0.242 e. The third-order valence-electron chi connectivity index (χ3n) is 2.22. The van der Waals surface area contributed by atoms with Gasteiger partial charge in [-0.1, -0.05) is 6.07 Å². The predicted octanol–water partition coefficient (Wildman–Crippen LogP) is 2.81. The van der Waals surface area contributed by atoms with Gasteiger partial charge in [-0.15, -0.1) is 0 Å². The van der Waals surface area contributed by atoms with Crippen LogP contribution in [-0.4, -0.2) is 16.6 Å². The molecule has 94 valence electrons. The molecule has 0 bridgehead atoms. The molecule has 0 aliphatic rings. The molecule has 18 heavy (non-hydrogen) atoms. The first-order valence-electron chi connectivity index (χ1n) is 5.46. The summed E-state index contributed by atoms with van der Waals surface area (Å²) in [6.45, 7) is 2.40. The van der Waals surface area contributed by atoms with Crippen molar-refractivity contribution in [3.05, 3.63) is 34.2 Å². The van der Waals surface area contributed by atoms with Gasteiger partial charge < -0.3 is 15.8 Å². The van der Waals surface area contributed by atoms with E-state index in [0.717, 1.165) is 9.26 Å². The molecule has 0 aliphatic heterocycles. The number of hydrogen-bond acceptors (Lipinski definition) is 5. The van der Waals surface area contributed by atoms with Crippen molar-refractivity contribution in [1.82, 2.24) is 9.97 Å². The van der Waals surface area contributed by atoms with E-state index in [1.807, 2.05) is 31.2 Å². The third-order valence-corrected chi connectivity index (χ3v) is 2.89. The highest BCUT2D eigenvalue weighted by Crippen LogP contribution is 2.27. The number of hydrogen-bond donors (Lipinski definition) is 2. The number of ether oxygens (including phenoxy) is 1. The molecule has 3 N–H and O–H groups in total. The first-order valence-corrected chi connectivity index (χ1v) is 6.54. The quantitative estimate of drug-likeness (QED) is 0.825. The average Bonchev–Trinajstić information content (AvgIpc) is 2.35. The van der Waals surface area contributed by atoms with Gasteiger partial charge in [-0.05, 0) is 47.7 Å². The molecular weight excluding hydrogens is 343 g/mol. The zero-order valence-corrected chi connectivity index (χ0v) is 12.0. The van der Waals surface area contributed by atoms with E-state index in [1.165, 1.54) is 6.33 Å². The number of aromatic nitrogens is 2. The number of nitrogens with two attached hydrogens (primary N) is 1. The zero-order valence-electron chi connectivity index (χ0n) is 9.85. The van der Waals surface area contributed by atoms with Crippen molar-refractivity contribution in [3.8, 4) is 5.88 Å². The van der Waals surface area contributed by atoms with E-state index >= 15 is 0 Å². The predicted molar refractivity (Wildman–Crippen MR) is 80.1 cm³/mol.